The van der Waals surface area contributed by atoms with Crippen molar-refractivity contribution in [2.75, 3.05) is 0 Å². The highest BCUT2D eigenvalue weighted by Crippen LogP contribution is 2.58. The average molecular weight is 339 g/mol. The number of fused-ring (bicyclic) bond motifs is 2. The number of esters is 1. The molecule has 3 unspecified atom stereocenters. The van der Waals surface area contributed by atoms with Gasteiger partial charge in [0.2, 0.25) is 5.60 Å². The van der Waals surface area contributed by atoms with Gasteiger partial charge in [-0.3, -0.25) is 4.79 Å². The predicted octanol–water partition coefficient (Wildman–Crippen LogP) is 4.65. The van der Waals surface area contributed by atoms with Crippen LogP contribution in [0, 0.1) is 11.3 Å². The number of ether oxygens (including phenoxy) is 1. The Balaban J connectivity index is 1.83. The lowest BCUT2D eigenvalue weighted by molar-refractivity contribution is -0.154. The zero-order chi connectivity index (χ0) is 17.9. The lowest BCUT2D eigenvalue weighted by Crippen LogP contribution is -2.48. The maximum absolute atomic E-state index is 11.8. The largest absolute Gasteiger partial charge is 0.443 e. The Bertz CT molecular complexity index is 1110. The molecule has 0 radical (unpaired) electrons. The molecule has 3 heteroatoms. The van der Waals surface area contributed by atoms with Crippen LogP contribution in [0.3, 0.4) is 0 Å². The van der Waals surface area contributed by atoms with E-state index in [1.165, 1.54) is 23.4 Å². The Labute approximate surface area is 151 Å². The van der Waals surface area contributed by atoms with E-state index in [1.54, 1.807) is 0 Å². The van der Waals surface area contributed by atoms with Crippen molar-refractivity contribution in [3.8, 4) is 6.07 Å². The molecule has 3 aliphatic carbocycles. The number of rotatable bonds is 1. The Morgan fingerprint density at radius 1 is 1.00 bits per heavy atom. The van der Waals surface area contributed by atoms with Crippen molar-refractivity contribution in [2.24, 2.45) is 0 Å². The number of nitrogens with zero attached hydrogens (tertiary/aromatic N) is 1. The summed E-state index contributed by atoms with van der Waals surface area (Å²) in [7, 11) is 0. The fourth-order valence-electron chi connectivity index (χ4n) is 4.89. The normalized spacial score (nSPS) is 25.2. The molecule has 0 fully saturated rings. The smallest absolute Gasteiger partial charge is 0.304 e. The number of carbonyl (C=O) groups excluding carboxylic acids is 1. The average Bonchev–Trinajstić information content (AvgIpc) is 2.66. The van der Waals surface area contributed by atoms with Crippen LogP contribution in [-0.2, 0) is 9.53 Å². The number of carbonyl (C=O) groups is 1. The molecule has 0 heterocycles. The second kappa shape index (κ2) is 5.19. The monoisotopic (exact) mass is 339 g/mol. The summed E-state index contributed by atoms with van der Waals surface area (Å²) < 4.78 is 5.69. The molecule has 0 aliphatic heterocycles. The van der Waals surface area contributed by atoms with Gasteiger partial charge in [-0.2, -0.15) is 5.26 Å². The number of nitriles is 1. The molecule has 0 amide bonds. The van der Waals surface area contributed by atoms with E-state index in [-0.39, 0.29) is 11.8 Å². The summed E-state index contributed by atoms with van der Waals surface area (Å²) >= 11 is 0. The van der Waals surface area contributed by atoms with Gasteiger partial charge in [-0.1, -0.05) is 60.7 Å². The Kier molecular flexibility index (Phi) is 3.02. The van der Waals surface area contributed by atoms with E-state index in [2.05, 4.69) is 42.5 Å². The van der Waals surface area contributed by atoms with E-state index in [1.807, 2.05) is 24.3 Å². The zero-order valence-corrected chi connectivity index (χ0v) is 14.4. The molecule has 26 heavy (non-hydrogen) atoms. The third-order valence-corrected chi connectivity index (χ3v) is 5.81. The molecule has 126 valence electrons. The van der Waals surface area contributed by atoms with Gasteiger partial charge in [0, 0.05) is 19.3 Å². The van der Waals surface area contributed by atoms with Crippen LogP contribution in [0.1, 0.15) is 47.4 Å². The number of hydrogen-bond donors (Lipinski definition) is 0. The standard InChI is InChI=1S/C23H17NO2/c1-14(25)26-23(13-24)12-21-17-8-4-5-9-18(17)22(23)20-11-16-7-3-2-6-15(16)10-19(20)21/h2-11,21-22H,12H2,1H3. The van der Waals surface area contributed by atoms with Crippen molar-refractivity contribution in [2.45, 2.75) is 30.8 Å². The maximum atomic E-state index is 11.8. The molecule has 6 rings (SSSR count). The molecule has 3 atom stereocenters. The van der Waals surface area contributed by atoms with Gasteiger partial charge in [0.15, 0.2) is 0 Å². The molecule has 3 aliphatic rings. The molecular weight excluding hydrogens is 322 g/mol. The first kappa shape index (κ1) is 15.2. The molecule has 3 nitrogen and oxygen atoms in total. The summed E-state index contributed by atoms with van der Waals surface area (Å²) in [5, 5.41) is 12.4. The van der Waals surface area contributed by atoms with Crippen LogP contribution >= 0.6 is 0 Å². The van der Waals surface area contributed by atoms with E-state index >= 15 is 0 Å². The van der Waals surface area contributed by atoms with Gasteiger partial charge in [0.05, 0.1) is 5.92 Å². The van der Waals surface area contributed by atoms with Crippen LogP contribution in [0.2, 0.25) is 0 Å². The topological polar surface area (TPSA) is 50.1 Å². The first-order valence-corrected chi connectivity index (χ1v) is 8.85. The minimum absolute atomic E-state index is 0.0646. The SMILES string of the molecule is CC(=O)OC1(C#N)CC2c3ccccc3C1c1cc3ccccc3cc12. The van der Waals surface area contributed by atoms with E-state index in [9.17, 15) is 10.1 Å². The Morgan fingerprint density at radius 3 is 2.27 bits per heavy atom. The zero-order valence-electron chi connectivity index (χ0n) is 14.4. The van der Waals surface area contributed by atoms with Crippen LogP contribution in [0.4, 0.5) is 0 Å². The van der Waals surface area contributed by atoms with E-state index < -0.39 is 11.6 Å². The van der Waals surface area contributed by atoms with Gasteiger partial charge in [0.1, 0.15) is 6.07 Å². The quantitative estimate of drug-likeness (QED) is 0.607. The van der Waals surface area contributed by atoms with Crippen molar-refractivity contribution < 1.29 is 9.53 Å². The van der Waals surface area contributed by atoms with Crippen LogP contribution < -0.4 is 0 Å². The van der Waals surface area contributed by atoms with E-state index in [0.717, 1.165) is 16.5 Å². The van der Waals surface area contributed by atoms with Gasteiger partial charge in [-0.15, -0.1) is 0 Å². The molecule has 0 saturated heterocycles. The van der Waals surface area contributed by atoms with Gasteiger partial charge in [-0.25, -0.2) is 0 Å². The lowest BCUT2D eigenvalue weighted by atomic mass is 9.57. The summed E-state index contributed by atoms with van der Waals surface area (Å²) in [5.74, 6) is -0.592. The van der Waals surface area contributed by atoms with Crippen LogP contribution in [0.15, 0.2) is 60.7 Å². The lowest BCUT2D eigenvalue weighted by Gasteiger charge is -2.49. The van der Waals surface area contributed by atoms with E-state index in [0.29, 0.717) is 6.42 Å². The van der Waals surface area contributed by atoms with Crippen LogP contribution in [-0.4, -0.2) is 11.6 Å². The van der Waals surface area contributed by atoms with Crippen LogP contribution in [0.25, 0.3) is 10.8 Å². The van der Waals surface area contributed by atoms with Crippen molar-refractivity contribution in [1.29, 1.82) is 5.26 Å². The van der Waals surface area contributed by atoms with Crippen molar-refractivity contribution in [3.63, 3.8) is 0 Å². The highest BCUT2D eigenvalue weighted by molar-refractivity contribution is 5.86. The summed E-state index contributed by atoms with van der Waals surface area (Å²) in [6.45, 7) is 1.38. The summed E-state index contributed by atoms with van der Waals surface area (Å²) in [6.07, 6.45) is 0.510. The van der Waals surface area contributed by atoms with Gasteiger partial charge in [-0.05, 0) is 33.0 Å². The molecular formula is C23H17NO2. The summed E-state index contributed by atoms with van der Waals surface area (Å²) in [4.78, 5) is 11.8. The first-order chi connectivity index (χ1) is 12.6. The Morgan fingerprint density at radius 2 is 1.62 bits per heavy atom. The minimum Gasteiger partial charge on any atom is -0.443 e. The van der Waals surface area contributed by atoms with Crippen molar-refractivity contribution in [3.05, 3.63) is 82.9 Å². The molecule has 0 aromatic heterocycles. The molecule has 0 spiro atoms. The third-order valence-electron chi connectivity index (χ3n) is 5.81. The highest BCUT2D eigenvalue weighted by atomic mass is 16.6. The highest BCUT2D eigenvalue weighted by Gasteiger charge is 2.55. The first-order valence-electron chi connectivity index (χ1n) is 8.85. The van der Waals surface area contributed by atoms with Gasteiger partial charge < -0.3 is 4.74 Å². The molecule has 3 aromatic carbocycles. The number of benzene rings is 3. The summed E-state index contributed by atoms with van der Waals surface area (Å²) in [5.41, 5.74) is 3.58. The minimum atomic E-state index is -1.14. The molecule has 2 bridgehead atoms. The van der Waals surface area contributed by atoms with E-state index in [4.69, 9.17) is 4.74 Å². The molecule has 0 saturated carbocycles. The fraction of sp³-hybridized carbons (Fsp3) is 0.217. The van der Waals surface area contributed by atoms with Gasteiger partial charge in [0.25, 0.3) is 0 Å². The molecule has 3 aromatic rings. The van der Waals surface area contributed by atoms with Crippen LogP contribution in [0.5, 0.6) is 0 Å². The second-order valence-corrected chi connectivity index (χ2v) is 7.24. The third kappa shape index (κ3) is 1.90. The predicted molar refractivity (Wildman–Crippen MR) is 98.8 cm³/mol. The maximum Gasteiger partial charge on any atom is 0.304 e. The fourth-order valence-corrected chi connectivity index (χ4v) is 4.89. The summed E-state index contributed by atoms with van der Waals surface area (Å²) in [6, 6.07) is 23.3. The molecule has 0 N–H and O–H groups in total. The van der Waals surface area contributed by atoms with Crippen molar-refractivity contribution >= 4 is 16.7 Å². The van der Waals surface area contributed by atoms with Crippen molar-refractivity contribution in [1.82, 2.24) is 0 Å². The second-order valence-electron chi connectivity index (χ2n) is 7.24. The Hall–Kier alpha value is -3.12. The van der Waals surface area contributed by atoms with Gasteiger partial charge >= 0.3 is 5.97 Å². The number of hydrogen-bond acceptors (Lipinski definition) is 3.